The van der Waals surface area contributed by atoms with Gasteiger partial charge < -0.3 is 9.47 Å². The normalized spacial score (nSPS) is 11.0. The van der Waals surface area contributed by atoms with Crippen LogP contribution in [0.25, 0.3) is 27.7 Å². The van der Waals surface area contributed by atoms with Gasteiger partial charge in [0.05, 0.1) is 17.7 Å². The second-order valence-electron chi connectivity index (χ2n) is 6.65. The number of rotatable bonds is 7. The first-order chi connectivity index (χ1) is 15.6. The highest BCUT2D eigenvalue weighted by Crippen LogP contribution is 2.26. The van der Waals surface area contributed by atoms with E-state index < -0.39 is 4.92 Å². The number of methoxy groups -OCH3 is 1. The number of nitro benzene ring substituents is 1. The highest BCUT2D eigenvalue weighted by Gasteiger charge is 2.16. The van der Waals surface area contributed by atoms with Gasteiger partial charge in [-0.15, -0.1) is 10.2 Å². The van der Waals surface area contributed by atoms with Gasteiger partial charge in [-0.25, -0.2) is 0 Å². The van der Waals surface area contributed by atoms with Gasteiger partial charge in [-0.3, -0.25) is 15.2 Å². The summed E-state index contributed by atoms with van der Waals surface area (Å²) in [5.74, 6) is 1.82. The van der Waals surface area contributed by atoms with E-state index in [0.29, 0.717) is 27.2 Å². The molecule has 11 nitrogen and oxygen atoms in total. The number of aromatic amines is 1. The Morgan fingerprint density at radius 2 is 1.84 bits per heavy atom. The first kappa shape index (κ1) is 19.6. The molecule has 2 aromatic carbocycles. The molecule has 0 atom stereocenters. The summed E-state index contributed by atoms with van der Waals surface area (Å²) in [5.41, 5.74) is 2.38. The average molecular weight is 449 g/mol. The maximum Gasteiger partial charge on any atom is 0.269 e. The first-order valence-electron chi connectivity index (χ1n) is 9.39. The predicted octanol–water partition coefficient (Wildman–Crippen LogP) is 3.74. The van der Waals surface area contributed by atoms with Gasteiger partial charge in [0, 0.05) is 17.7 Å². The molecule has 160 valence electrons. The van der Waals surface area contributed by atoms with Gasteiger partial charge in [0.2, 0.25) is 10.8 Å². The minimum atomic E-state index is -0.455. The Morgan fingerprint density at radius 3 is 2.56 bits per heavy atom. The van der Waals surface area contributed by atoms with Crippen molar-refractivity contribution in [2.24, 2.45) is 0 Å². The molecule has 1 N–H and O–H groups in total. The van der Waals surface area contributed by atoms with Crippen molar-refractivity contribution in [2.75, 3.05) is 7.11 Å². The molecule has 3 aromatic heterocycles. The molecule has 12 heteroatoms. The zero-order chi connectivity index (χ0) is 22.1. The highest BCUT2D eigenvalue weighted by atomic mass is 32.1. The molecule has 0 aliphatic rings. The lowest BCUT2D eigenvalue weighted by molar-refractivity contribution is -0.384. The number of H-pyrrole nitrogens is 1. The van der Waals surface area contributed by atoms with Gasteiger partial charge in [0.1, 0.15) is 23.8 Å². The molecular weight excluding hydrogens is 434 g/mol. The van der Waals surface area contributed by atoms with Crippen LogP contribution in [0.15, 0.2) is 54.6 Å². The minimum absolute atomic E-state index is 0.00866. The monoisotopic (exact) mass is 449 g/mol. The summed E-state index contributed by atoms with van der Waals surface area (Å²) in [6.45, 7) is 0.200. The molecule has 0 saturated carbocycles. The van der Waals surface area contributed by atoms with Crippen molar-refractivity contribution >= 4 is 22.0 Å². The van der Waals surface area contributed by atoms with E-state index in [4.69, 9.17) is 9.47 Å². The lowest BCUT2D eigenvalue weighted by Crippen LogP contribution is -1.98. The molecule has 3 heterocycles. The molecule has 5 rings (SSSR count). The molecule has 5 aromatic rings. The number of nitro groups is 1. The molecule has 0 radical (unpaired) electrons. The van der Waals surface area contributed by atoms with E-state index in [-0.39, 0.29) is 12.3 Å². The number of fused-ring (bicyclic) bond motifs is 1. The number of non-ortho nitro benzene ring substituents is 1. The van der Waals surface area contributed by atoms with E-state index in [2.05, 4.69) is 25.5 Å². The van der Waals surface area contributed by atoms with Crippen molar-refractivity contribution in [3.63, 3.8) is 0 Å². The second kappa shape index (κ2) is 8.07. The summed E-state index contributed by atoms with van der Waals surface area (Å²) in [5, 5.41) is 31.7. The third kappa shape index (κ3) is 3.74. The van der Waals surface area contributed by atoms with Crippen LogP contribution < -0.4 is 9.47 Å². The summed E-state index contributed by atoms with van der Waals surface area (Å²) in [6.07, 6.45) is 0. The van der Waals surface area contributed by atoms with E-state index in [0.717, 1.165) is 17.0 Å². The quantitative estimate of drug-likeness (QED) is 0.293. The van der Waals surface area contributed by atoms with E-state index in [9.17, 15) is 10.1 Å². The topological polar surface area (TPSA) is 133 Å². The van der Waals surface area contributed by atoms with Gasteiger partial charge in [-0.2, -0.15) is 14.7 Å². The van der Waals surface area contributed by atoms with E-state index in [1.54, 1.807) is 23.8 Å². The van der Waals surface area contributed by atoms with Crippen LogP contribution in [0.5, 0.6) is 11.5 Å². The molecule has 0 unspecified atom stereocenters. The fourth-order valence-corrected chi connectivity index (χ4v) is 3.78. The van der Waals surface area contributed by atoms with Crippen LogP contribution in [0, 0.1) is 10.1 Å². The van der Waals surface area contributed by atoms with Crippen LogP contribution in [-0.4, -0.2) is 42.0 Å². The van der Waals surface area contributed by atoms with E-state index in [1.165, 1.54) is 23.5 Å². The maximum atomic E-state index is 10.7. The number of nitrogens with one attached hydrogen (secondary N) is 1. The van der Waals surface area contributed by atoms with Gasteiger partial charge in [0.25, 0.3) is 5.69 Å². The second-order valence-corrected chi connectivity index (χ2v) is 7.69. The maximum absolute atomic E-state index is 10.7. The van der Waals surface area contributed by atoms with Crippen molar-refractivity contribution in [3.05, 3.63) is 69.7 Å². The fourth-order valence-electron chi connectivity index (χ4n) is 3.04. The Morgan fingerprint density at radius 1 is 1.09 bits per heavy atom. The summed E-state index contributed by atoms with van der Waals surface area (Å²) in [7, 11) is 1.62. The molecule has 0 fully saturated rings. The summed E-state index contributed by atoms with van der Waals surface area (Å²) >= 11 is 1.34. The molecule has 0 spiro atoms. The third-order valence-corrected chi connectivity index (χ3v) is 5.52. The molecule has 0 aliphatic heterocycles. The molecule has 0 saturated heterocycles. The number of hydrogen-bond acceptors (Lipinski definition) is 9. The van der Waals surface area contributed by atoms with Crippen molar-refractivity contribution in [3.8, 4) is 34.3 Å². The van der Waals surface area contributed by atoms with Gasteiger partial charge in [-0.05, 0) is 42.5 Å². The lowest BCUT2D eigenvalue weighted by atomic mass is 10.1. The zero-order valence-corrected chi connectivity index (χ0v) is 17.4. The molecule has 0 aliphatic carbocycles. The summed E-state index contributed by atoms with van der Waals surface area (Å²) in [4.78, 5) is 10.9. The van der Waals surface area contributed by atoms with Crippen LogP contribution in [0.4, 0.5) is 5.69 Å². The highest BCUT2D eigenvalue weighted by molar-refractivity contribution is 7.16. The van der Waals surface area contributed by atoms with Crippen molar-refractivity contribution in [1.29, 1.82) is 0 Å². The molecule has 0 amide bonds. The van der Waals surface area contributed by atoms with Gasteiger partial charge in [0.15, 0.2) is 5.01 Å². The zero-order valence-electron chi connectivity index (χ0n) is 16.6. The van der Waals surface area contributed by atoms with Gasteiger partial charge in [-0.1, -0.05) is 11.3 Å². The fraction of sp³-hybridized carbons (Fsp3) is 0.100. The van der Waals surface area contributed by atoms with Crippen molar-refractivity contribution in [2.45, 2.75) is 6.61 Å². The predicted molar refractivity (Wildman–Crippen MR) is 116 cm³/mol. The summed E-state index contributed by atoms with van der Waals surface area (Å²) in [6, 6.07) is 15.4. The van der Waals surface area contributed by atoms with Crippen LogP contribution in [0.3, 0.4) is 0 Å². The van der Waals surface area contributed by atoms with Crippen LogP contribution in [0.1, 0.15) is 5.01 Å². The number of aromatic nitrogens is 6. The summed E-state index contributed by atoms with van der Waals surface area (Å²) < 4.78 is 12.5. The smallest absolute Gasteiger partial charge is 0.269 e. The number of ether oxygens (including phenoxy) is 2. The Hall–Kier alpha value is -4.32. The Bertz CT molecular complexity index is 1390. The number of benzene rings is 2. The molecular formula is C20H15N7O4S. The van der Waals surface area contributed by atoms with Crippen LogP contribution in [0.2, 0.25) is 0 Å². The SMILES string of the molecule is COc1ccc(-c2cc(-c3nnc4sc(COc5ccc([N+](=O)[O-])cc5)nn34)[nH]n2)cc1. The van der Waals surface area contributed by atoms with Crippen LogP contribution >= 0.6 is 11.3 Å². The Balaban J connectivity index is 1.34. The van der Waals surface area contributed by atoms with Crippen molar-refractivity contribution in [1.82, 2.24) is 30.0 Å². The number of hydrogen-bond donors (Lipinski definition) is 1. The standard InChI is InChI=1S/C20H15N7O4S/c1-30-14-6-2-12(3-7-14)16-10-17(22-21-16)19-23-24-20-26(19)25-18(32-20)11-31-15-8-4-13(5-9-15)27(28)29/h2-10H,11H2,1H3,(H,21,22). The third-order valence-electron chi connectivity index (χ3n) is 4.65. The van der Waals surface area contributed by atoms with Crippen LogP contribution in [-0.2, 0) is 6.61 Å². The molecule has 32 heavy (non-hydrogen) atoms. The van der Waals surface area contributed by atoms with E-state index in [1.807, 2.05) is 30.3 Å². The number of nitrogens with zero attached hydrogens (tertiary/aromatic N) is 6. The Kier molecular flexibility index (Phi) is 4.95. The first-order valence-corrected chi connectivity index (χ1v) is 10.2. The van der Waals surface area contributed by atoms with Gasteiger partial charge >= 0.3 is 0 Å². The molecule has 0 bridgehead atoms. The largest absolute Gasteiger partial charge is 0.497 e. The minimum Gasteiger partial charge on any atom is -0.497 e. The lowest BCUT2D eigenvalue weighted by Gasteiger charge is -2.02. The van der Waals surface area contributed by atoms with Crippen molar-refractivity contribution < 1.29 is 14.4 Å². The van der Waals surface area contributed by atoms with E-state index >= 15 is 0 Å². The Labute approximate surface area is 184 Å². The average Bonchev–Trinajstić information content (AvgIpc) is 3.54.